The Balaban J connectivity index is 1.82. The predicted molar refractivity (Wildman–Crippen MR) is 120 cm³/mol. The van der Waals surface area contributed by atoms with E-state index in [0.717, 1.165) is 0 Å². The lowest BCUT2D eigenvalue weighted by atomic mass is 9.67. The second kappa shape index (κ2) is 7.38. The van der Waals surface area contributed by atoms with Crippen molar-refractivity contribution in [3.63, 3.8) is 0 Å². The summed E-state index contributed by atoms with van der Waals surface area (Å²) in [7, 11) is 1.53. The number of hydrogen-bond acceptors (Lipinski definition) is 8. The van der Waals surface area contributed by atoms with Crippen LogP contribution in [0.3, 0.4) is 0 Å². The second-order valence-corrected chi connectivity index (χ2v) is 7.93. The first-order valence-corrected chi connectivity index (χ1v) is 10.3. The highest BCUT2D eigenvalue weighted by molar-refractivity contribution is 6.21. The molecule has 0 fully saturated rings. The fourth-order valence-electron chi connectivity index (χ4n) is 4.93. The number of rotatable bonds is 4. The molecule has 34 heavy (non-hydrogen) atoms. The molecule has 0 saturated carbocycles. The Kier molecular flexibility index (Phi) is 4.58. The van der Waals surface area contributed by atoms with Crippen LogP contribution in [0.1, 0.15) is 5.56 Å². The van der Waals surface area contributed by atoms with Crippen LogP contribution in [0, 0.1) is 11.3 Å². The second-order valence-electron chi connectivity index (χ2n) is 7.93. The van der Waals surface area contributed by atoms with E-state index in [4.69, 9.17) is 20.9 Å². The number of hydrogen-bond donors (Lipinski definition) is 2. The molecular formula is C24H19N5O5. The standard InChI is InChI=1S/C24H19N5O5/c1-33-14-8-6-13(7-9-14)29-18-12-34-22(31)20(18)24(16(10-25)21(29)27)15-4-2-3-5-17(15)28(23(24)32)11-19(26)30/h2-9H,11-12,27H2,1H3,(H2,26,30). The number of anilines is 2. The summed E-state index contributed by atoms with van der Waals surface area (Å²) in [6.07, 6.45) is 0. The minimum absolute atomic E-state index is 0.00140. The summed E-state index contributed by atoms with van der Waals surface area (Å²) in [6, 6.07) is 15.6. The quantitative estimate of drug-likeness (QED) is 0.639. The third-order valence-corrected chi connectivity index (χ3v) is 6.27. The Morgan fingerprint density at radius 1 is 1.21 bits per heavy atom. The fraction of sp³-hybridized carbons (Fsp3) is 0.167. The van der Waals surface area contributed by atoms with Gasteiger partial charge in [-0.25, -0.2) is 4.79 Å². The highest BCUT2D eigenvalue weighted by Gasteiger charge is 2.64. The summed E-state index contributed by atoms with van der Waals surface area (Å²) in [5.74, 6) is -1.55. The molecule has 2 aromatic carbocycles. The number of nitrogens with two attached hydrogens (primary N) is 2. The van der Waals surface area contributed by atoms with E-state index in [2.05, 4.69) is 6.07 Å². The third-order valence-electron chi connectivity index (χ3n) is 6.27. The van der Waals surface area contributed by atoms with Gasteiger partial charge < -0.3 is 25.8 Å². The van der Waals surface area contributed by atoms with Crippen molar-refractivity contribution < 1.29 is 23.9 Å². The minimum atomic E-state index is -1.85. The van der Waals surface area contributed by atoms with Crippen LogP contribution in [0.25, 0.3) is 0 Å². The van der Waals surface area contributed by atoms with E-state index in [-0.39, 0.29) is 23.6 Å². The average Bonchev–Trinajstić information content (AvgIpc) is 3.32. The van der Waals surface area contributed by atoms with Gasteiger partial charge in [-0.2, -0.15) is 5.26 Å². The lowest BCUT2D eigenvalue weighted by Crippen LogP contribution is -2.51. The zero-order chi connectivity index (χ0) is 24.2. The fourth-order valence-corrected chi connectivity index (χ4v) is 4.93. The Morgan fingerprint density at radius 3 is 2.56 bits per heavy atom. The first-order chi connectivity index (χ1) is 16.4. The molecule has 4 N–H and O–H groups in total. The molecule has 3 heterocycles. The number of nitrogens with zero attached hydrogens (tertiary/aromatic N) is 3. The highest BCUT2D eigenvalue weighted by atomic mass is 16.5. The van der Waals surface area contributed by atoms with Gasteiger partial charge in [0.15, 0.2) is 0 Å². The number of carbonyl (C=O) groups is 3. The molecule has 5 rings (SSSR count). The Labute approximate surface area is 194 Å². The highest BCUT2D eigenvalue weighted by Crippen LogP contribution is 2.56. The van der Waals surface area contributed by atoms with Crippen LogP contribution in [0.2, 0.25) is 0 Å². The number of primary amides is 1. The van der Waals surface area contributed by atoms with Crippen molar-refractivity contribution in [3.8, 4) is 11.8 Å². The number of para-hydroxylation sites is 1. The molecule has 0 saturated heterocycles. The normalized spacial score (nSPS) is 20.9. The minimum Gasteiger partial charge on any atom is -0.497 e. The Hall–Kier alpha value is -4.78. The maximum atomic E-state index is 14.0. The molecule has 1 atom stereocenters. The maximum Gasteiger partial charge on any atom is 0.338 e. The number of benzene rings is 2. The van der Waals surface area contributed by atoms with Crippen LogP contribution in [0.4, 0.5) is 11.4 Å². The number of cyclic esters (lactones) is 1. The first-order valence-electron chi connectivity index (χ1n) is 10.3. The maximum absolute atomic E-state index is 14.0. The monoisotopic (exact) mass is 457 g/mol. The van der Waals surface area contributed by atoms with Crippen molar-refractivity contribution in [1.29, 1.82) is 5.26 Å². The number of methoxy groups -OCH3 is 1. The van der Waals surface area contributed by atoms with Gasteiger partial charge in [-0.15, -0.1) is 0 Å². The number of fused-ring (bicyclic) bond motifs is 3. The van der Waals surface area contributed by atoms with E-state index in [1.807, 2.05) is 0 Å². The van der Waals surface area contributed by atoms with Gasteiger partial charge in [-0.1, -0.05) is 18.2 Å². The molecule has 0 bridgehead atoms. The molecule has 2 aromatic rings. The van der Waals surface area contributed by atoms with Gasteiger partial charge in [0.05, 0.1) is 24.0 Å². The molecule has 10 nitrogen and oxygen atoms in total. The lowest BCUT2D eigenvalue weighted by molar-refractivity contribution is -0.137. The number of esters is 1. The Morgan fingerprint density at radius 2 is 1.91 bits per heavy atom. The Bertz CT molecular complexity index is 1370. The van der Waals surface area contributed by atoms with Crippen molar-refractivity contribution in [2.45, 2.75) is 5.41 Å². The van der Waals surface area contributed by atoms with Crippen LogP contribution in [0.5, 0.6) is 5.75 Å². The zero-order valence-electron chi connectivity index (χ0n) is 18.1. The summed E-state index contributed by atoms with van der Waals surface area (Å²) in [5, 5.41) is 10.3. The smallest absolute Gasteiger partial charge is 0.338 e. The van der Waals surface area contributed by atoms with Crippen molar-refractivity contribution in [3.05, 3.63) is 76.8 Å². The molecule has 0 aromatic heterocycles. The summed E-state index contributed by atoms with van der Waals surface area (Å²) < 4.78 is 10.6. The van der Waals surface area contributed by atoms with E-state index in [1.165, 1.54) is 16.9 Å². The van der Waals surface area contributed by atoms with Gasteiger partial charge in [0.2, 0.25) is 11.8 Å². The van der Waals surface area contributed by atoms with Crippen molar-refractivity contribution in [2.75, 3.05) is 30.1 Å². The molecular weight excluding hydrogens is 438 g/mol. The van der Waals surface area contributed by atoms with Crippen molar-refractivity contribution >= 4 is 29.2 Å². The van der Waals surface area contributed by atoms with Gasteiger partial charge in [-0.3, -0.25) is 14.5 Å². The van der Waals surface area contributed by atoms with E-state index < -0.39 is 29.7 Å². The number of carbonyl (C=O) groups excluding carboxylic acids is 3. The number of nitriles is 1. The average molecular weight is 457 g/mol. The number of amides is 2. The molecule has 1 unspecified atom stereocenters. The number of ether oxygens (including phenoxy) is 2. The van der Waals surface area contributed by atoms with Gasteiger partial charge >= 0.3 is 5.97 Å². The molecule has 0 radical (unpaired) electrons. The third kappa shape index (κ3) is 2.58. The first kappa shape index (κ1) is 21.1. The summed E-state index contributed by atoms with van der Waals surface area (Å²) >= 11 is 0. The SMILES string of the molecule is COc1ccc(N2C(N)=C(C#N)C3(C(=O)N(CC(N)=O)c4ccccc43)C3=C2COC3=O)cc1. The van der Waals surface area contributed by atoms with E-state index >= 15 is 0 Å². The topological polar surface area (TPSA) is 152 Å². The molecule has 170 valence electrons. The summed E-state index contributed by atoms with van der Waals surface area (Å²) in [6.45, 7) is -0.567. The molecule has 10 heteroatoms. The van der Waals surface area contributed by atoms with Crippen LogP contribution >= 0.6 is 0 Å². The molecule has 1 spiro atoms. The van der Waals surface area contributed by atoms with Crippen LogP contribution in [-0.2, 0) is 24.5 Å². The van der Waals surface area contributed by atoms with E-state index in [9.17, 15) is 19.6 Å². The lowest BCUT2D eigenvalue weighted by Gasteiger charge is -2.38. The van der Waals surface area contributed by atoms with Crippen molar-refractivity contribution in [1.82, 2.24) is 0 Å². The van der Waals surface area contributed by atoms with Crippen LogP contribution in [0.15, 0.2) is 71.2 Å². The molecule has 0 aliphatic carbocycles. The van der Waals surface area contributed by atoms with Crippen LogP contribution < -0.4 is 26.0 Å². The summed E-state index contributed by atoms with van der Waals surface area (Å²) in [4.78, 5) is 41.6. The van der Waals surface area contributed by atoms with Crippen molar-refractivity contribution in [2.24, 2.45) is 11.5 Å². The predicted octanol–water partition coefficient (Wildman–Crippen LogP) is 0.790. The van der Waals surface area contributed by atoms with E-state index in [1.54, 1.807) is 48.5 Å². The molecule has 3 aliphatic rings. The van der Waals surface area contributed by atoms with Gasteiger partial charge in [0.1, 0.15) is 36.2 Å². The zero-order valence-corrected chi connectivity index (χ0v) is 18.1. The van der Waals surface area contributed by atoms with E-state index in [0.29, 0.717) is 28.4 Å². The summed E-state index contributed by atoms with van der Waals surface area (Å²) in [5.41, 5.74) is 11.6. The van der Waals surface area contributed by atoms with Gasteiger partial charge in [0.25, 0.3) is 0 Å². The van der Waals surface area contributed by atoms with Gasteiger partial charge in [0, 0.05) is 16.9 Å². The molecule has 3 aliphatic heterocycles. The van der Waals surface area contributed by atoms with Crippen LogP contribution in [-0.4, -0.2) is 38.0 Å². The molecule has 2 amide bonds. The van der Waals surface area contributed by atoms with Gasteiger partial charge in [-0.05, 0) is 30.3 Å². The largest absolute Gasteiger partial charge is 0.497 e.